The zero-order valence-electron chi connectivity index (χ0n) is 11.3. The number of carbonyl (C=O) groups is 1. The van der Waals surface area contributed by atoms with Gasteiger partial charge in [-0.1, -0.05) is 33.8 Å². The molecule has 5 nitrogen and oxygen atoms in total. The van der Waals surface area contributed by atoms with Crippen molar-refractivity contribution in [3.63, 3.8) is 0 Å². The molecule has 0 fully saturated rings. The lowest BCUT2D eigenvalue weighted by atomic mass is 10.3. The van der Waals surface area contributed by atoms with E-state index in [-0.39, 0.29) is 5.91 Å². The molecule has 0 saturated carbocycles. The van der Waals surface area contributed by atoms with Gasteiger partial charge in [0.05, 0.1) is 5.75 Å². The highest BCUT2D eigenvalue weighted by Gasteiger charge is 2.10. The fourth-order valence-electron chi connectivity index (χ4n) is 1.73. The number of aryl methyl sites for hydroxylation is 1. The maximum absolute atomic E-state index is 11.9. The van der Waals surface area contributed by atoms with Crippen molar-refractivity contribution < 1.29 is 4.79 Å². The number of benzene rings is 1. The summed E-state index contributed by atoms with van der Waals surface area (Å²) < 4.78 is 2.92. The lowest BCUT2D eigenvalue weighted by Crippen LogP contribution is -2.14. The van der Waals surface area contributed by atoms with Gasteiger partial charge in [0.1, 0.15) is 5.82 Å². The monoisotopic (exact) mass is 354 g/mol. The van der Waals surface area contributed by atoms with Gasteiger partial charge >= 0.3 is 0 Å². The maximum atomic E-state index is 11.9. The first-order chi connectivity index (χ1) is 9.60. The summed E-state index contributed by atoms with van der Waals surface area (Å²) in [5.74, 6) is 1.11. The predicted octanol–water partition coefficient (Wildman–Crippen LogP) is 3.10. The summed E-state index contributed by atoms with van der Waals surface area (Å²) in [4.78, 5) is 11.9. The topological polar surface area (TPSA) is 59.8 Å². The molecule has 0 aliphatic carbocycles. The summed E-state index contributed by atoms with van der Waals surface area (Å²) in [6.07, 6.45) is 0. The highest BCUT2D eigenvalue weighted by molar-refractivity contribution is 9.10. The summed E-state index contributed by atoms with van der Waals surface area (Å²) >= 11 is 4.76. The van der Waals surface area contributed by atoms with Crippen LogP contribution in [0.5, 0.6) is 0 Å². The van der Waals surface area contributed by atoms with Crippen LogP contribution in [0.25, 0.3) is 0 Å². The molecule has 0 saturated heterocycles. The second kappa shape index (κ2) is 6.90. The van der Waals surface area contributed by atoms with Crippen LogP contribution in [0.3, 0.4) is 0 Å². The van der Waals surface area contributed by atoms with Crippen LogP contribution in [0.15, 0.2) is 33.9 Å². The average molecular weight is 355 g/mol. The fraction of sp³-hybridized carbons (Fsp3) is 0.308. The van der Waals surface area contributed by atoms with Crippen molar-refractivity contribution in [3.05, 3.63) is 34.6 Å². The van der Waals surface area contributed by atoms with Crippen LogP contribution in [0, 0.1) is 6.92 Å². The number of carbonyl (C=O) groups excluding carboxylic acids is 1. The minimum Gasteiger partial charge on any atom is -0.325 e. The molecule has 0 unspecified atom stereocenters. The smallest absolute Gasteiger partial charge is 0.234 e. The Labute approximate surface area is 130 Å². The molecule has 2 aromatic rings. The molecule has 1 aromatic carbocycles. The number of aromatic nitrogens is 3. The molecule has 1 aromatic heterocycles. The molecule has 2 rings (SSSR count). The number of halogens is 1. The standard InChI is InChI=1S/C13H15BrN4OS/c1-3-18-9(2)16-17-13(18)20-8-12(19)15-11-6-4-5-10(14)7-11/h4-7H,3,8H2,1-2H3,(H,15,19). The van der Waals surface area contributed by atoms with Gasteiger partial charge < -0.3 is 9.88 Å². The van der Waals surface area contributed by atoms with Crippen LogP contribution in [0.1, 0.15) is 12.7 Å². The van der Waals surface area contributed by atoms with Gasteiger partial charge in [-0.2, -0.15) is 0 Å². The van der Waals surface area contributed by atoms with Gasteiger partial charge in [-0.25, -0.2) is 0 Å². The Morgan fingerprint density at radius 2 is 2.25 bits per heavy atom. The van der Waals surface area contributed by atoms with E-state index in [1.807, 2.05) is 42.7 Å². The third-order valence-electron chi connectivity index (χ3n) is 2.66. The number of nitrogens with zero attached hydrogens (tertiary/aromatic N) is 3. The molecule has 20 heavy (non-hydrogen) atoms. The van der Waals surface area contributed by atoms with Crippen molar-refractivity contribution in [2.75, 3.05) is 11.1 Å². The van der Waals surface area contributed by atoms with Crippen molar-refractivity contribution in [1.29, 1.82) is 0 Å². The average Bonchev–Trinajstić information content (AvgIpc) is 2.77. The van der Waals surface area contributed by atoms with Crippen LogP contribution in [0.4, 0.5) is 5.69 Å². The molecule has 0 radical (unpaired) electrons. The van der Waals surface area contributed by atoms with Gasteiger partial charge in [0.2, 0.25) is 5.91 Å². The van der Waals surface area contributed by atoms with Gasteiger partial charge in [0.25, 0.3) is 0 Å². The van der Waals surface area contributed by atoms with Gasteiger partial charge in [-0.05, 0) is 32.0 Å². The number of anilines is 1. The second-order valence-electron chi connectivity index (χ2n) is 4.12. The van der Waals surface area contributed by atoms with E-state index in [1.54, 1.807) is 0 Å². The minimum atomic E-state index is -0.0589. The molecule has 0 spiro atoms. The normalized spacial score (nSPS) is 10.6. The Hall–Kier alpha value is -1.34. The Bertz CT molecular complexity index is 614. The summed E-state index contributed by atoms with van der Waals surface area (Å²) in [5.41, 5.74) is 0.776. The highest BCUT2D eigenvalue weighted by Crippen LogP contribution is 2.18. The molecule has 0 bridgehead atoms. The molecule has 7 heteroatoms. The van der Waals surface area contributed by atoms with Gasteiger partial charge in [0.15, 0.2) is 5.16 Å². The number of amides is 1. The van der Waals surface area contributed by atoms with Crippen molar-refractivity contribution in [1.82, 2.24) is 14.8 Å². The van der Waals surface area contributed by atoms with Crippen molar-refractivity contribution in [2.45, 2.75) is 25.5 Å². The molecule has 0 atom stereocenters. The van der Waals surface area contributed by atoms with Gasteiger partial charge in [-0.3, -0.25) is 4.79 Å². The van der Waals surface area contributed by atoms with E-state index in [4.69, 9.17) is 0 Å². The lowest BCUT2D eigenvalue weighted by Gasteiger charge is -2.06. The van der Waals surface area contributed by atoms with E-state index in [0.29, 0.717) is 5.75 Å². The fourth-order valence-corrected chi connectivity index (χ4v) is 2.97. The third-order valence-corrected chi connectivity index (χ3v) is 4.12. The van der Waals surface area contributed by atoms with Crippen molar-refractivity contribution in [2.24, 2.45) is 0 Å². The van der Waals surface area contributed by atoms with Crippen LogP contribution >= 0.6 is 27.7 Å². The van der Waals surface area contributed by atoms with Crippen molar-refractivity contribution >= 4 is 39.3 Å². The summed E-state index contributed by atoms with van der Waals surface area (Å²) in [7, 11) is 0. The van der Waals surface area contributed by atoms with E-state index in [9.17, 15) is 4.79 Å². The first-order valence-electron chi connectivity index (χ1n) is 6.18. The molecule has 1 heterocycles. The predicted molar refractivity (Wildman–Crippen MR) is 83.9 cm³/mol. The Balaban J connectivity index is 1.92. The largest absolute Gasteiger partial charge is 0.325 e. The van der Waals surface area contributed by atoms with Gasteiger partial charge in [-0.15, -0.1) is 10.2 Å². The number of nitrogens with one attached hydrogen (secondary N) is 1. The molecular weight excluding hydrogens is 340 g/mol. The van der Waals surface area contributed by atoms with E-state index < -0.39 is 0 Å². The highest BCUT2D eigenvalue weighted by atomic mass is 79.9. The van der Waals surface area contributed by atoms with Crippen molar-refractivity contribution in [3.8, 4) is 0 Å². The number of rotatable bonds is 5. The van der Waals surface area contributed by atoms with E-state index in [0.717, 1.165) is 27.7 Å². The van der Waals surface area contributed by atoms with Crippen LogP contribution in [-0.2, 0) is 11.3 Å². The van der Waals surface area contributed by atoms with Crippen LogP contribution in [0.2, 0.25) is 0 Å². The summed E-state index contributed by atoms with van der Waals surface area (Å²) in [6, 6.07) is 7.51. The second-order valence-corrected chi connectivity index (χ2v) is 5.98. The zero-order chi connectivity index (χ0) is 14.5. The molecule has 1 amide bonds. The molecule has 0 aliphatic heterocycles. The van der Waals surface area contributed by atoms with E-state index in [1.165, 1.54) is 11.8 Å². The molecule has 1 N–H and O–H groups in total. The zero-order valence-corrected chi connectivity index (χ0v) is 13.7. The molecule has 106 valence electrons. The molecular formula is C13H15BrN4OS. The van der Waals surface area contributed by atoms with Crippen LogP contribution < -0.4 is 5.32 Å². The number of hydrogen-bond acceptors (Lipinski definition) is 4. The first-order valence-corrected chi connectivity index (χ1v) is 7.96. The van der Waals surface area contributed by atoms with Crippen LogP contribution in [-0.4, -0.2) is 26.4 Å². The molecule has 0 aliphatic rings. The Morgan fingerprint density at radius 3 is 2.95 bits per heavy atom. The maximum Gasteiger partial charge on any atom is 0.234 e. The lowest BCUT2D eigenvalue weighted by molar-refractivity contribution is -0.113. The third kappa shape index (κ3) is 3.83. The Kier molecular flexibility index (Phi) is 5.19. The minimum absolute atomic E-state index is 0.0589. The first kappa shape index (κ1) is 15.1. The quantitative estimate of drug-likeness (QED) is 0.838. The number of thioether (sulfide) groups is 1. The SMILES string of the molecule is CCn1c(C)nnc1SCC(=O)Nc1cccc(Br)c1. The summed E-state index contributed by atoms with van der Waals surface area (Å²) in [5, 5.41) is 11.7. The van der Waals surface area contributed by atoms with Gasteiger partial charge in [0, 0.05) is 16.7 Å². The van der Waals surface area contributed by atoms with E-state index in [2.05, 4.69) is 31.4 Å². The number of hydrogen-bond donors (Lipinski definition) is 1. The summed E-state index contributed by atoms with van der Waals surface area (Å²) in [6.45, 7) is 4.73. The Morgan fingerprint density at radius 1 is 1.45 bits per heavy atom. The van der Waals surface area contributed by atoms with E-state index >= 15 is 0 Å².